The fourth-order valence-electron chi connectivity index (χ4n) is 2.98. The standard InChI is InChI=1S/C17H18N2O4/c18-9-13(17(21)19-12-4-2-1-3-5-12)16(20)11-6-7-14-15(8-11)23-10-22-14/h6-8,12-13H,1-5,10H2,(H,19,21)/t13-/m0/s1. The minimum atomic E-state index is -1.34. The normalized spacial score (nSPS) is 18.0. The molecule has 1 aliphatic heterocycles. The Labute approximate surface area is 134 Å². The highest BCUT2D eigenvalue weighted by Gasteiger charge is 2.30. The van der Waals surface area contributed by atoms with E-state index in [1.807, 2.05) is 6.07 Å². The van der Waals surface area contributed by atoms with Gasteiger partial charge in [-0.3, -0.25) is 9.59 Å². The molecule has 1 heterocycles. The lowest BCUT2D eigenvalue weighted by molar-refractivity contribution is -0.123. The third-order valence-electron chi connectivity index (χ3n) is 4.26. The molecule has 1 aromatic carbocycles. The Bertz CT molecular complexity index is 659. The topological polar surface area (TPSA) is 88.4 Å². The van der Waals surface area contributed by atoms with Crippen molar-refractivity contribution in [2.24, 2.45) is 5.92 Å². The number of hydrogen-bond donors (Lipinski definition) is 1. The van der Waals surface area contributed by atoms with Gasteiger partial charge in [-0.05, 0) is 31.0 Å². The van der Waals surface area contributed by atoms with Crippen molar-refractivity contribution in [1.29, 1.82) is 5.26 Å². The average molecular weight is 314 g/mol. The molecule has 1 amide bonds. The maximum atomic E-state index is 12.5. The van der Waals surface area contributed by atoms with E-state index in [9.17, 15) is 14.9 Å². The van der Waals surface area contributed by atoms with Crippen LogP contribution in [0.1, 0.15) is 42.5 Å². The van der Waals surface area contributed by atoms with Crippen LogP contribution in [0, 0.1) is 17.2 Å². The number of fused-ring (bicyclic) bond motifs is 1. The molecule has 0 saturated heterocycles. The van der Waals surface area contributed by atoms with Gasteiger partial charge in [-0.1, -0.05) is 19.3 Å². The van der Waals surface area contributed by atoms with E-state index < -0.39 is 17.6 Å². The molecule has 0 spiro atoms. The SMILES string of the molecule is N#C[C@H](C(=O)NC1CCCCC1)C(=O)c1ccc2c(c1)OCO2. The molecule has 23 heavy (non-hydrogen) atoms. The summed E-state index contributed by atoms with van der Waals surface area (Å²) in [6.45, 7) is 0.108. The van der Waals surface area contributed by atoms with E-state index >= 15 is 0 Å². The van der Waals surface area contributed by atoms with E-state index in [2.05, 4.69) is 5.32 Å². The Hall–Kier alpha value is -2.55. The zero-order valence-corrected chi connectivity index (χ0v) is 12.7. The number of ether oxygens (including phenoxy) is 2. The lowest BCUT2D eigenvalue weighted by Crippen LogP contribution is -2.42. The summed E-state index contributed by atoms with van der Waals surface area (Å²) in [7, 11) is 0. The molecule has 1 aliphatic carbocycles. The fourth-order valence-corrected chi connectivity index (χ4v) is 2.98. The number of hydrogen-bond acceptors (Lipinski definition) is 5. The Morgan fingerprint density at radius 3 is 2.65 bits per heavy atom. The van der Waals surface area contributed by atoms with E-state index in [0.717, 1.165) is 25.7 Å². The van der Waals surface area contributed by atoms with Crippen LogP contribution < -0.4 is 14.8 Å². The summed E-state index contributed by atoms with van der Waals surface area (Å²) >= 11 is 0. The molecule has 0 unspecified atom stereocenters. The van der Waals surface area contributed by atoms with Crippen LogP contribution in [0.3, 0.4) is 0 Å². The third-order valence-corrected chi connectivity index (χ3v) is 4.26. The highest BCUT2D eigenvalue weighted by atomic mass is 16.7. The summed E-state index contributed by atoms with van der Waals surface area (Å²) in [5, 5.41) is 12.1. The molecule has 0 radical (unpaired) electrons. The highest BCUT2D eigenvalue weighted by Crippen LogP contribution is 2.33. The Morgan fingerprint density at radius 2 is 1.91 bits per heavy atom. The van der Waals surface area contributed by atoms with Crippen molar-refractivity contribution in [2.75, 3.05) is 6.79 Å². The first-order chi connectivity index (χ1) is 11.2. The number of carbonyl (C=O) groups is 2. The molecule has 2 aliphatic rings. The van der Waals surface area contributed by atoms with Gasteiger partial charge in [0, 0.05) is 11.6 Å². The van der Waals surface area contributed by atoms with Gasteiger partial charge in [0.25, 0.3) is 0 Å². The monoisotopic (exact) mass is 314 g/mol. The zero-order valence-electron chi connectivity index (χ0n) is 12.7. The van der Waals surface area contributed by atoms with Crippen LogP contribution in [0.4, 0.5) is 0 Å². The lowest BCUT2D eigenvalue weighted by atomic mass is 9.93. The van der Waals surface area contributed by atoms with Gasteiger partial charge in [-0.25, -0.2) is 0 Å². The van der Waals surface area contributed by atoms with Gasteiger partial charge in [-0.15, -0.1) is 0 Å². The summed E-state index contributed by atoms with van der Waals surface area (Å²) in [5.74, 6) is -1.35. The van der Waals surface area contributed by atoms with Crippen molar-refractivity contribution in [3.05, 3.63) is 23.8 Å². The molecular weight excluding hydrogens is 296 g/mol. The van der Waals surface area contributed by atoms with Crippen molar-refractivity contribution >= 4 is 11.7 Å². The Balaban J connectivity index is 1.70. The molecule has 3 rings (SSSR count). The quantitative estimate of drug-likeness (QED) is 0.680. The summed E-state index contributed by atoms with van der Waals surface area (Å²) in [6, 6.07) is 6.57. The largest absolute Gasteiger partial charge is 0.454 e. The second-order valence-electron chi connectivity index (χ2n) is 5.84. The predicted molar refractivity (Wildman–Crippen MR) is 81.0 cm³/mol. The number of rotatable bonds is 4. The van der Waals surface area contributed by atoms with Gasteiger partial charge in [0.2, 0.25) is 12.7 Å². The van der Waals surface area contributed by atoms with Gasteiger partial charge in [0.05, 0.1) is 6.07 Å². The molecule has 120 valence electrons. The van der Waals surface area contributed by atoms with Crippen molar-refractivity contribution in [1.82, 2.24) is 5.32 Å². The summed E-state index contributed by atoms with van der Waals surface area (Å²) in [4.78, 5) is 24.8. The molecule has 1 N–H and O–H groups in total. The van der Waals surface area contributed by atoms with Crippen LogP contribution in [0.15, 0.2) is 18.2 Å². The second-order valence-corrected chi connectivity index (χ2v) is 5.84. The molecule has 1 fully saturated rings. The van der Waals surface area contributed by atoms with Crippen molar-refractivity contribution in [2.45, 2.75) is 38.1 Å². The number of nitrogens with one attached hydrogen (secondary N) is 1. The average Bonchev–Trinajstić information content (AvgIpc) is 3.04. The number of nitriles is 1. The van der Waals surface area contributed by atoms with Crippen LogP contribution in [-0.2, 0) is 4.79 Å². The molecule has 0 bridgehead atoms. The van der Waals surface area contributed by atoms with Crippen LogP contribution in [0.5, 0.6) is 11.5 Å². The van der Waals surface area contributed by atoms with E-state index in [4.69, 9.17) is 9.47 Å². The van der Waals surface area contributed by atoms with Crippen LogP contribution in [-0.4, -0.2) is 24.5 Å². The zero-order chi connectivity index (χ0) is 16.2. The molecule has 6 nitrogen and oxygen atoms in total. The smallest absolute Gasteiger partial charge is 0.245 e. The van der Waals surface area contributed by atoms with Crippen LogP contribution in [0.25, 0.3) is 0 Å². The number of nitrogens with zero attached hydrogens (tertiary/aromatic N) is 1. The van der Waals surface area contributed by atoms with E-state index in [0.29, 0.717) is 11.5 Å². The Kier molecular flexibility index (Phi) is 4.47. The van der Waals surface area contributed by atoms with Crippen molar-refractivity contribution < 1.29 is 19.1 Å². The first-order valence-electron chi connectivity index (χ1n) is 7.83. The number of carbonyl (C=O) groups excluding carboxylic acids is 2. The number of amides is 1. The van der Waals surface area contributed by atoms with Gasteiger partial charge in [-0.2, -0.15) is 5.26 Å². The predicted octanol–water partition coefficient (Wildman–Crippen LogP) is 2.19. The first-order valence-corrected chi connectivity index (χ1v) is 7.83. The number of ketones is 1. The molecule has 1 atom stereocenters. The van der Waals surface area contributed by atoms with Crippen molar-refractivity contribution in [3.63, 3.8) is 0 Å². The highest BCUT2D eigenvalue weighted by molar-refractivity contribution is 6.12. The first kappa shape index (κ1) is 15.3. The molecule has 1 saturated carbocycles. The molecular formula is C17H18N2O4. The lowest BCUT2D eigenvalue weighted by Gasteiger charge is -2.23. The third kappa shape index (κ3) is 3.29. The summed E-state index contributed by atoms with van der Waals surface area (Å²) in [6.07, 6.45) is 5.12. The van der Waals surface area contributed by atoms with Crippen LogP contribution >= 0.6 is 0 Å². The maximum absolute atomic E-state index is 12.5. The maximum Gasteiger partial charge on any atom is 0.245 e. The molecule has 1 aromatic rings. The Morgan fingerprint density at radius 1 is 1.17 bits per heavy atom. The van der Waals surface area contributed by atoms with Gasteiger partial charge >= 0.3 is 0 Å². The minimum Gasteiger partial charge on any atom is -0.454 e. The van der Waals surface area contributed by atoms with E-state index in [1.165, 1.54) is 12.5 Å². The molecule has 0 aromatic heterocycles. The summed E-state index contributed by atoms with van der Waals surface area (Å²) in [5.41, 5.74) is 0.277. The summed E-state index contributed by atoms with van der Waals surface area (Å²) < 4.78 is 10.4. The van der Waals surface area contributed by atoms with E-state index in [-0.39, 0.29) is 18.4 Å². The van der Waals surface area contributed by atoms with Gasteiger partial charge in [0.15, 0.2) is 23.2 Å². The number of Topliss-reactive ketones (excluding diaryl/α,β-unsaturated/α-hetero) is 1. The van der Waals surface area contributed by atoms with Crippen LogP contribution in [0.2, 0.25) is 0 Å². The van der Waals surface area contributed by atoms with E-state index in [1.54, 1.807) is 12.1 Å². The number of benzene rings is 1. The van der Waals surface area contributed by atoms with Crippen molar-refractivity contribution in [3.8, 4) is 17.6 Å². The van der Waals surface area contributed by atoms with Gasteiger partial charge < -0.3 is 14.8 Å². The minimum absolute atomic E-state index is 0.0663. The second kappa shape index (κ2) is 6.69. The molecule has 6 heteroatoms. The fraction of sp³-hybridized carbons (Fsp3) is 0.471. The van der Waals surface area contributed by atoms with Gasteiger partial charge in [0.1, 0.15) is 0 Å².